The molecule has 0 bridgehead atoms. The van der Waals surface area contributed by atoms with E-state index in [-0.39, 0.29) is 11.9 Å². The van der Waals surface area contributed by atoms with Crippen LogP contribution in [0.4, 0.5) is 5.88 Å². The highest BCUT2D eigenvalue weighted by atomic mass is 16.5. The number of aryl methyl sites for hydroxylation is 1. The van der Waals surface area contributed by atoms with Crippen LogP contribution in [-0.4, -0.2) is 35.1 Å². The van der Waals surface area contributed by atoms with Crippen LogP contribution in [0.3, 0.4) is 0 Å². The first-order chi connectivity index (χ1) is 7.58. The normalized spacial score (nSPS) is 12.8. The van der Waals surface area contributed by atoms with E-state index in [1.165, 1.54) is 0 Å². The topological polar surface area (TPSA) is 58.4 Å². The first kappa shape index (κ1) is 12.7. The first-order valence-electron chi connectivity index (χ1n) is 5.56. The van der Waals surface area contributed by atoms with Crippen LogP contribution in [0.25, 0.3) is 0 Å². The van der Waals surface area contributed by atoms with E-state index >= 15 is 0 Å². The highest BCUT2D eigenvalue weighted by Gasteiger charge is 2.19. The second kappa shape index (κ2) is 5.65. The number of hydrogen-bond donors (Lipinski definition) is 1. The molecule has 0 spiro atoms. The maximum atomic E-state index is 11.8. The zero-order chi connectivity index (χ0) is 12.1. The molecule has 0 aliphatic rings. The summed E-state index contributed by atoms with van der Waals surface area (Å²) in [7, 11) is 0. The van der Waals surface area contributed by atoms with E-state index < -0.39 is 0 Å². The van der Waals surface area contributed by atoms with E-state index in [4.69, 9.17) is 4.52 Å². The van der Waals surface area contributed by atoms with Gasteiger partial charge < -0.3 is 4.52 Å². The third kappa shape index (κ3) is 3.06. The molecule has 1 amide bonds. The van der Waals surface area contributed by atoms with Crippen molar-refractivity contribution >= 4 is 11.8 Å². The summed E-state index contributed by atoms with van der Waals surface area (Å²) in [5.74, 6) is 0.335. The lowest BCUT2D eigenvalue weighted by molar-refractivity contribution is -0.120. The summed E-state index contributed by atoms with van der Waals surface area (Å²) in [6.07, 6.45) is 0. The Morgan fingerprint density at radius 1 is 1.56 bits per heavy atom. The van der Waals surface area contributed by atoms with Gasteiger partial charge >= 0.3 is 0 Å². The Labute approximate surface area is 95.8 Å². The molecule has 1 atom stereocenters. The van der Waals surface area contributed by atoms with Crippen LogP contribution in [0, 0.1) is 6.92 Å². The second-order valence-electron chi connectivity index (χ2n) is 3.72. The molecule has 90 valence electrons. The van der Waals surface area contributed by atoms with E-state index in [1.54, 1.807) is 6.07 Å². The minimum Gasteiger partial charge on any atom is -0.338 e. The number of aromatic nitrogens is 1. The van der Waals surface area contributed by atoms with Crippen LogP contribution in [-0.2, 0) is 4.79 Å². The summed E-state index contributed by atoms with van der Waals surface area (Å²) in [5.41, 5.74) is 0.755. The van der Waals surface area contributed by atoms with Gasteiger partial charge in [0.05, 0.1) is 11.7 Å². The Kier molecular flexibility index (Phi) is 4.49. The van der Waals surface area contributed by atoms with Crippen LogP contribution in [0.2, 0.25) is 0 Å². The third-order valence-electron chi connectivity index (χ3n) is 2.61. The van der Waals surface area contributed by atoms with Gasteiger partial charge in [0, 0.05) is 6.07 Å². The molecule has 0 aliphatic heterocycles. The van der Waals surface area contributed by atoms with Crippen LogP contribution in [0.1, 0.15) is 26.5 Å². The maximum Gasteiger partial charge on any atom is 0.243 e. The highest BCUT2D eigenvalue weighted by Crippen LogP contribution is 2.10. The molecule has 16 heavy (non-hydrogen) atoms. The molecule has 1 heterocycles. The summed E-state index contributed by atoms with van der Waals surface area (Å²) in [4.78, 5) is 13.9. The quantitative estimate of drug-likeness (QED) is 0.827. The minimum atomic E-state index is -0.166. The Hall–Kier alpha value is -1.36. The fraction of sp³-hybridized carbons (Fsp3) is 0.636. The van der Waals surface area contributed by atoms with Gasteiger partial charge in [-0.1, -0.05) is 19.0 Å². The van der Waals surface area contributed by atoms with Crippen LogP contribution >= 0.6 is 0 Å². The van der Waals surface area contributed by atoms with Gasteiger partial charge in [-0.2, -0.15) is 0 Å². The number of likely N-dealkylation sites (N-methyl/N-ethyl adjacent to an activating group) is 1. The number of carbonyl (C=O) groups is 1. The molecule has 0 fully saturated rings. The van der Waals surface area contributed by atoms with E-state index in [2.05, 4.69) is 15.4 Å². The predicted molar refractivity (Wildman–Crippen MR) is 62.3 cm³/mol. The number of anilines is 1. The van der Waals surface area contributed by atoms with Gasteiger partial charge in [0.1, 0.15) is 0 Å². The summed E-state index contributed by atoms with van der Waals surface area (Å²) >= 11 is 0. The number of nitrogens with zero attached hydrogens (tertiary/aromatic N) is 2. The molecule has 0 radical (unpaired) electrons. The molecule has 0 aromatic carbocycles. The van der Waals surface area contributed by atoms with E-state index in [1.807, 2.05) is 27.7 Å². The van der Waals surface area contributed by atoms with Crippen molar-refractivity contribution in [2.24, 2.45) is 0 Å². The van der Waals surface area contributed by atoms with Crippen molar-refractivity contribution in [3.8, 4) is 0 Å². The summed E-state index contributed by atoms with van der Waals surface area (Å²) in [5, 5.41) is 6.41. The second-order valence-corrected chi connectivity index (χ2v) is 3.72. The average molecular weight is 225 g/mol. The fourth-order valence-electron chi connectivity index (χ4n) is 1.59. The summed E-state index contributed by atoms with van der Waals surface area (Å²) < 4.78 is 4.93. The van der Waals surface area contributed by atoms with Crippen molar-refractivity contribution in [1.82, 2.24) is 10.1 Å². The first-order valence-corrected chi connectivity index (χ1v) is 5.56. The van der Waals surface area contributed by atoms with Crippen molar-refractivity contribution < 1.29 is 9.32 Å². The number of nitrogens with one attached hydrogen (secondary N) is 1. The Balaban J connectivity index is 2.58. The molecule has 0 aliphatic carbocycles. The molecule has 5 nitrogen and oxygen atoms in total. The van der Waals surface area contributed by atoms with Gasteiger partial charge in [0.15, 0.2) is 0 Å². The maximum absolute atomic E-state index is 11.8. The van der Waals surface area contributed by atoms with Gasteiger partial charge in [-0.25, -0.2) is 0 Å². The summed E-state index contributed by atoms with van der Waals surface area (Å²) in [6.45, 7) is 9.46. The molecule has 1 rings (SSSR count). The van der Waals surface area contributed by atoms with Gasteiger partial charge in [-0.05, 0) is 26.9 Å². The standard InChI is InChI=1S/C11H19N3O2/c1-5-14(6-2)9(4)11(15)12-10-7-8(3)13-16-10/h7,9H,5-6H2,1-4H3,(H,12,15). The number of hydrogen-bond acceptors (Lipinski definition) is 4. The van der Waals surface area contributed by atoms with Crippen molar-refractivity contribution in [3.63, 3.8) is 0 Å². The smallest absolute Gasteiger partial charge is 0.243 e. The van der Waals surface area contributed by atoms with Crippen LogP contribution < -0.4 is 5.32 Å². The molecule has 1 aromatic rings. The van der Waals surface area contributed by atoms with Crippen molar-refractivity contribution in [3.05, 3.63) is 11.8 Å². The van der Waals surface area contributed by atoms with E-state index in [0.717, 1.165) is 18.8 Å². The Bertz CT molecular complexity index is 345. The molecule has 1 unspecified atom stereocenters. The van der Waals surface area contributed by atoms with E-state index in [9.17, 15) is 4.79 Å². The lowest BCUT2D eigenvalue weighted by Crippen LogP contribution is -2.41. The number of amides is 1. The van der Waals surface area contributed by atoms with Gasteiger partial charge in [0.2, 0.25) is 11.8 Å². The lowest BCUT2D eigenvalue weighted by atomic mass is 10.2. The van der Waals surface area contributed by atoms with Gasteiger partial charge in [-0.15, -0.1) is 0 Å². The van der Waals surface area contributed by atoms with Gasteiger partial charge in [0.25, 0.3) is 0 Å². The lowest BCUT2D eigenvalue weighted by Gasteiger charge is -2.24. The van der Waals surface area contributed by atoms with Crippen molar-refractivity contribution in [2.75, 3.05) is 18.4 Å². The Morgan fingerprint density at radius 2 is 2.19 bits per heavy atom. The molecular formula is C11H19N3O2. The zero-order valence-electron chi connectivity index (χ0n) is 10.3. The summed E-state index contributed by atoms with van der Waals surface area (Å²) in [6, 6.07) is 1.53. The van der Waals surface area contributed by atoms with Crippen molar-refractivity contribution in [2.45, 2.75) is 33.7 Å². The molecule has 5 heteroatoms. The largest absolute Gasteiger partial charge is 0.338 e. The van der Waals surface area contributed by atoms with Gasteiger partial charge in [-0.3, -0.25) is 15.0 Å². The van der Waals surface area contributed by atoms with Crippen molar-refractivity contribution in [1.29, 1.82) is 0 Å². The zero-order valence-corrected chi connectivity index (χ0v) is 10.3. The molecule has 1 aromatic heterocycles. The molecular weight excluding hydrogens is 206 g/mol. The fourth-order valence-corrected chi connectivity index (χ4v) is 1.59. The number of carbonyl (C=O) groups excluding carboxylic acids is 1. The number of rotatable bonds is 5. The van der Waals surface area contributed by atoms with Crippen LogP contribution in [0.15, 0.2) is 10.6 Å². The highest BCUT2D eigenvalue weighted by molar-refractivity contribution is 5.93. The monoisotopic (exact) mass is 225 g/mol. The third-order valence-corrected chi connectivity index (χ3v) is 2.61. The minimum absolute atomic E-state index is 0.0696. The molecule has 0 saturated carbocycles. The molecule has 1 N–H and O–H groups in total. The van der Waals surface area contributed by atoms with Crippen LogP contribution in [0.5, 0.6) is 0 Å². The SMILES string of the molecule is CCN(CC)C(C)C(=O)Nc1cc(C)no1. The molecule has 0 saturated heterocycles. The van der Waals surface area contributed by atoms with E-state index in [0.29, 0.717) is 5.88 Å². The predicted octanol–water partition coefficient (Wildman–Crippen LogP) is 1.65. The average Bonchev–Trinajstić information content (AvgIpc) is 2.65. The Morgan fingerprint density at radius 3 is 2.62 bits per heavy atom.